The van der Waals surface area contributed by atoms with Crippen molar-refractivity contribution in [3.05, 3.63) is 47.3 Å². The van der Waals surface area contributed by atoms with Crippen LogP contribution in [0.3, 0.4) is 0 Å². The van der Waals surface area contributed by atoms with Crippen LogP contribution in [0.15, 0.2) is 30.3 Å². The van der Waals surface area contributed by atoms with Crippen molar-refractivity contribution in [3.63, 3.8) is 0 Å². The van der Waals surface area contributed by atoms with E-state index < -0.39 is 11.9 Å². The zero-order valence-corrected chi connectivity index (χ0v) is 15.3. The highest BCUT2D eigenvalue weighted by molar-refractivity contribution is 5.72. The molecule has 2 aliphatic rings. The first-order chi connectivity index (χ1) is 13.2. The minimum absolute atomic E-state index is 0.181. The van der Waals surface area contributed by atoms with E-state index in [9.17, 15) is 9.90 Å². The number of carboxylic acid groups (broad SMARTS) is 1. The largest absolute Gasteiger partial charge is 0.481 e. The summed E-state index contributed by atoms with van der Waals surface area (Å²) in [6.07, 6.45) is 6.94. The molecule has 1 fully saturated rings. The number of rotatable bonds is 7. The summed E-state index contributed by atoms with van der Waals surface area (Å²) < 4.78 is 0. The Morgan fingerprint density at radius 2 is 2.00 bits per heavy atom. The van der Waals surface area contributed by atoms with Gasteiger partial charge < -0.3 is 10.4 Å². The molecule has 1 aromatic heterocycles. The van der Waals surface area contributed by atoms with E-state index in [-0.39, 0.29) is 11.8 Å². The van der Waals surface area contributed by atoms with Crippen LogP contribution in [0.1, 0.15) is 48.6 Å². The fourth-order valence-electron chi connectivity index (χ4n) is 4.53. The third-order valence-electron chi connectivity index (χ3n) is 5.91. The summed E-state index contributed by atoms with van der Waals surface area (Å²) in [5.74, 6) is -0.828. The van der Waals surface area contributed by atoms with Gasteiger partial charge in [-0.25, -0.2) is 0 Å². The van der Waals surface area contributed by atoms with E-state index in [0.29, 0.717) is 12.2 Å². The fraction of sp³-hybridized carbons (Fsp3) is 0.500. The molecule has 7 heteroatoms. The normalized spacial score (nSPS) is 19.8. The van der Waals surface area contributed by atoms with E-state index in [4.69, 9.17) is 0 Å². The van der Waals surface area contributed by atoms with Gasteiger partial charge in [0.15, 0.2) is 5.82 Å². The van der Waals surface area contributed by atoms with Crippen LogP contribution in [0, 0.1) is 11.8 Å². The SMILES string of the molecule is O=C(O)C(C1CCCC1)C(Cc1ccc(C2=CCNC2)cc1)c1nn[nH]n1. The van der Waals surface area contributed by atoms with Crippen molar-refractivity contribution < 1.29 is 9.90 Å². The summed E-state index contributed by atoms with van der Waals surface area (Å²) in [7, 11) is 0. The highest BCUT2D eigenvalue weighted by atomic mass is 16.4. The maximum Gasteiger partial charge on any atom is 0.307 e. The summed E-state index contributed by atoms with van der Waals surface area (Å²) in [6.45, 7) is 1.81. The van der Waals surface area contributed by atoms with Gasteiger partial charge in [0, 0.05) is 19.0 Å². The molecule has 0 amide bonds. The number of H-pyrrole nitrogens is 1. The molecule has 1 aliphatic heterocycles. The van der Waals surface area contributed by atoms with Gasteiger partial charge in [-0.15, -0.1) is 10.2 Å². The van der Waals surface area contributed by atoms with Gasteiger partial charge in [-0.05, 0) is 41.9 Å². The van der Waals surface area contributed by atoms with Crippen molar-refractivity contribution in [2.75, 3.05) is 13.1 Å². The number of carbonyl (C=O) groups is 1. The summed E-state index contributed by atoms with van der Waals surface area (Å²) in [5, 5.41) is 27.7. The van der Waals surface area contributed by atoms with Crippen LogP contribution in [0.4, 0.5) is 0 Å². The molecule has 2 heterocycles. The first kappa shape index (κ1) is 17.9. The van der Waals surface area contributed by atoms with E-state index in [1.807, 2.05) is 0 Å². The van der Waals surface area contributed by atoms with E-state index in [1.54, 1.807) is 0 Å². The van der Waals surface area contributed by atoms with Gasteiger partial charge >= 0.3 is 5.97 Å². The molecule has 1 saturated carbocycles. The Bertz CT molecular complexity index is 794. The molecule has 2 aromatic rings. The lowest BCUT2D eigenvalue weighted by molar-refractivity contribution is -0.144. The van der Waals surface area contributed by atoms with Gasteiger partial charge in [0.1, 0.15) is 0 Å². The highest BCUT2D eigenvalue weighted by Gasteiger charge is 2.39. The fourth-order valence-corrected chi connectivity index (χ4v) is 4.53. The Labute approximate surface area is 158 Å². The van der Waals surface area contributed by atoms with Gasteiger partial charge in [0.2, 0.25) is 0 Å². The number of nitrogens with one attached hydrogen (secondary N) is 2. The molecule has 0 spiro atoms. The summed E-state index contributed by atoms with van der Waals surface area (Å²) >= 11 is 0. The Hall–Kier alpha value is -2.54. The zero-order valence-electron chi connectivity index (χ0n) is 15.3. The molecule has 4 rings (SSSR count). The molecule has 0 bridgehead atoms. The average Bonchev–Trinajstić information content (AvgIpc) is 3.43. The molecule has 2 atom stereocenters. The van der Waals surface area contributed by atoms with Crippen LogP contribution in [0.2, 0.25) is 0 Å². The molecule has 2 unspecified atom stereocenters. The molecule has 1 aliphatic carbocycles. The maximum absolute atomic E-state index is 12.1. The summed E-state index contributed by atoms with van der Waals surface area (Å²) in [4.78, 5) is 12.1. The quantitative estimate of drug-likeness (QED) is 0.694. The molecule has 3 N–H and O–H groups in total. The number of benzene rings is 1. The molecule has 27 heavy (non-hydrogen) atoms. The third-order valence-corrected chi connectivity index (χ3v) is 5.91. The monoisotopic (exact) mass is 367 g/mol. The smallest absolute Gasteiger partial charge is 0.307 e. The minimum Gasteiger partial charge on any atom is -0.481 e. The number of aromatic nitrogens is 4. The lowest BCUT2D eigenvalue weighted by Crippen LogP contribution is -2.30. The molecule has 142 valence electrons. The van der Waals surface area contributed by atoms with Crippen molar-refractivity contribution in [2.24, 2.45) is 11.8 Å². The lowest BCUT2D eigenvalue weighted by Gasteiger charge is -2.26. The molecule has 0 saturated heterocycles. The van der Waals surface area contributed by atoms with Crippen molar-refractivity contribution in [1.29, 1.82) is 0 Å². The Kier molecular flexibility index (Phi) is 5.29. The number of carboxylic acids is 1. The van der Waals surface area contributed by atoms with Gasteiger partial charge in [-0.3, -0.25) is 4.79 Å². The number of aliphatic carboxylic acids is 1. The predicted octanol–water partition coefficient (Wildman–Crippen LogP) is 2.40. The van der Waals surface area contributed by atoms with Gasteiger partial charge in [0.25, 0.3) is 0 Å². The standard InChI is InChI=1S/C20H25N5O2/c26-20(27)18(15-3-1-2-4-15)17(19-22-24-25-23-19)11-13-5-7-14(8-6-13)16-9-10-21-12-16/h5-9,15,17-18,21H,1-4,10-12H2,(H,26,27)(H,22,23,24,25). The Morgan fingerprint density at radius 3 is 2.59 bits per heavy atom. The molecular formula is C20H25N5O2. The van der Waals surface area contributed by atoms with Crippen molar-refractivity contribution in [2.45, 2.75) is 38.0 Å². The highest BCUT2D eigenvalue weighted by Crippen LogP contribution is 2.40. The molecule has 0 radical (unpaired) electrons. The third kappa shape index (κ3) is 3.93. The molecule has 1 aromatic carbocycles. The second-order valence-electron chi connectivity index (χ2n) is 7.55. The zero-order chi connectivity index (χ0) is 18.6. The van der Waals surface area contributed by atoms with Crippen molar-refractivity contribution >= 4 is 11.5 Å². The van der Waals surface area contributed by atoms with Gasteiger partial charge in [-0.2, -0.15) is 5.21 Å². The predicted molar refractivity (Wildman–Crippen MR) is 101 cm³/mol. The molecular weight excluding hydrogens is 342 g/mol. The lowest BCUT2D eigenvalue weighted by atomic mass is 9.77. The van der Waals surface area contributed by atoms with Gasteiger partial charge in [-0.1, -0.05) is 48.4 Å². The Morgan fingerprint density at radius 1 is 1.22 bits per heavy atom. The topological polar surface area (TPSA) is 104 Å². The number of aromatic amines is 1. The number of tetrazole rings is 1. The van der Waals surface area contributed by atoms with Crippen molar-refractivity contribution in [3.8, 4) is 0 Å². The summed E-state index contributed by atoms with van der Waals surface area (Å²) in [6, 6.07) is 8.42. The van der Waals surface area contributed by atoms with Crippen LogP contribution in [-0.4, -0.2) is 44.8 Å². The van der Waals surface area contributed by atoms with Crippen molar-refractivity contribution in [1.82, 2.24) is 25.9 Å². The van der Waals surface area contributed by atoms with E-state index >= 15 is 0 Å². The number of nitrogens with zero attached hydrogens (tertiary/aromatic N) is 3. The van der Waals surface area contributed by atoms with Crippen LogP contribution in [0.25, 0.3) is 5.57 Å². The van der Waals surface area contributed by atoms with E-state index in [1.165, 1.54) is 11.1 Å². The number of hydrogen-bond acceptors (Lipinski definition) is 5. The van der Waals surface area contributed by atoms with Crippen LogP contribution in [0.5, 0.6) is 0 Å². The maximum atomic E-state index is 12.1. The average molecular weight is 367 g/mol. The first-order valence-electron chi connectivity index (χ1n) is 9.67. The van der Waals surface area contributed by atoms with Gasteiger partial charge in [0.05, 0.1) is 5.92 Å². The second kappa shape index (κ2) is 8.00. The summed E-state index contributed by atoms with van der Waals surface area (Å²) in [5.41, 5.74) is 3.63. The van der Waals surface area contributed by atoms with E-state index in [0.717, 1.165) is 44.3 Å². The van der Waals surface area contributed by atoms with Crippen LogP contribution >= 0.6 is 0 Å². The minimum atomic E-state index is -0.754. The van der Waals surface area contributed by atoms with Crippen LogP contribution in [-0.2, 0) is 11.2 Å². The first-order valence-corrected chi connectivity index (χ1v) is 9.67. The van der Waals surface area contributed by atoms with E-state index in [2.05, 4.69) is 56.3 Å². The number of hydrogen-bond donors (Lipinski definition) is 3. The molecule has 7 nitrogen and oxygen atoms in total. The Balaban J connectivity index is 1.58. The van der Waals surface area contributed by atoms with Crippen LogP contribution < -0.4 is 5.32 Å². The second-order valence-corrected chi connectivity index (χ2v) is 7.55.